The van der Waals surface area contributed by atoms with Gasteiger partial charge < -0.3 is 24.6 Å². The van der Waals surface area contributed by atoms with E-state index in [9.17, 15) is 23.4 Å². The molecule has 9 nitrogen and oxygen atoms in total. The number of benzene rings is 2. The van der Waals surface area contributed by atoms with Crippen LogP contribution in [0.3, 0.4) is 0 Å². The Bertz CT molecular complexity index is 1990. The Morgan fingerprint density at radius 2 is 1.94 bits per heavy atom. The van der Waals surface area contributed by atoms with Gasteiger partial charge in [0.15, 0.2) is 5.82 Å². The number of hydrogen-bond acceptors (Lipinski definition) is 9. The number of phenolic OH excluding ortho intramolecular Hbond substituents is 1. The molecule has 3 aliphatic rings. The average molecular weight is 680 g/mol. The molecular formula is C36H37F4N5O4. The number of aromatic hydroxyl groups is 1. The predicted octanol–water partition coefficient (Wildman–Crippen LogP) is 5.71. The van der Waals surface area contributed by atoms with E-state index in [1.807, 2.05) is 11.9 Å². The zero-order chi connectivity index (χ0) is 34.7. The maximum atomic E-state index is 17.0. The smallest absolute Gasteiger partial charge is 0.319 e. The second kappa shape index (κ2) is 12.5. The monoisotopic (exact) mass is 679 g/mol. The number of hydrogen-bond donors (Lipinski definition) is 2. The second-order valence-corrected chi connectivity index (χ2v) is 13.7. The van der Waals surface area contributed by atoms with E-state index >= 15 is 4.39 Å². The molecule has 2 saturated heterocycles. The molecule has 1 aliphatic carbocycles. The van der Waals surface area contributed by atoms with Gasteiger partial charge in [-0.2, -0.15) is 9.97 Å². The van der Waals surface area contributed by atoms with Crippen LogP contribution >= 0.6 is 0 Å². The van der Waals surface area contributed by atoms with Gasteiger partial charge in [-0.1, -0.05) is 18.4 Å². The Hall–Kier alpha value is -4.41. The minimum Gasteiger partial charge on any atom is -0.508 e. The van der Waals surface area contributed by atoms with Gasteiger partial charge in [-0.15, -0.1) is 6.42 Å². The highest BCUT2D eigenvalue weighted by molar-refractivity contribution is 6.04. The topological polar surface area (TPSA) is 104 Å². The van der Waals surface area contributed by atoms with Crippen LogP contribution in [0.1, 0.15) is 44.1 Å². The average Bonchev–Trinajstić information content (AvgIpc) is 3.51. The Kier molecular flexibility index (Phi) is 8.43. The number of methoxy groups -OCH3 is 1. The van der Waals surface area contributed by atoms with Gasteiger partial charge in [-0.25, -0.2) is 22.5 Å². The van der Waals surface area contributed by atoms with Gasteiger partial charge in [-0.3, -0.25) is 4.90 Å². The number of fused-ring (bicyclic) bond motifs is 3. The second-order valence-electron chi connectivity index (χ2n) is 13.7. The molecule has 0 spiro atoms. The highest BCUT2D eigenvalue weighted by atomic mass is 19.1. The molecule has 7 rings (SSSR count). The Morgan fingerprint density at radius 3 is 2.69 bits per heavy atom. The number of halogens is 4. The number of pyridine rings is 1. The van der Waals surface area contributed by atoms with Crippen molar-refractivity contribution in [3.8, 4) is 41.2 Å². The van der Waals surface area contributed by atoms with Crippen LogP contribution in [0.5, 0.6) is 17.6 Å². The molecule has 2 N–H and O–H groups in total. The summed E-state index contributed by atoms with van der Waals surface area (Å²) in [4.78, 5) is 17.3. The summed E-state index contributed by atoms with van der Waals surface area (Å²) in [5.74, 6) is 0.416. The van der Waals surface area contributed by atoms with E-state index in [2.05, 4.69) is 20.9 Å². The van der Waals surface area contributed by atoms with Crippen LogP contribution in [0.25, 0.3) is 32.9 Å². The first-order valence-corrected chi connectivity index (χ1v) is 16.4. The largest absolute Gasteiger partial charge is 0.508 e. The number of alkyl halides is 2. The van der Waals surface area contributed by atoms with Crippen LogP contribution in [-0.4, -0.2) is 95.0 Å². The molecular weight excluding hydrogens is 642 g/mol. The minimum absolute atomic E-state index is 0.000487. The Morgan fingerprint density at radius 1 is 1.12 bits per heavy atom. The third kappa shape index (κ3) is 5.64. The molecule has 13 heteroatoms. The van der Waals surface area contributed by atoms with Crippen LogP contribution in [-0.2, 0) is 0 Å². The summed E-state index contributed by atoms with van der Waals surface area (Å²) < 4.78 is 72.9. The fraction of sp³-hybridized carbons (Fsp3) is 0.472. The molecule has 4 aromatic rings. The van der Waals surface area contributed by atoms with Crippen molar-refractivity contribution in [2.24, 2.45) is 5.41 Å². The van der Waals surface area contributed by atoms with Crippen molar-refractivity contribution >= 4 is 27.5 Å². The van der Waals surface area contributed by atoms with Crippen LogP contribution in [0, 0.1) is 29.4 Å². The van der Waals surface area contributed by atoms with E-state index in [4.69, 9.17) is 15.9 Å². The Balaban J connectivity index is 1.43. The summed E-state index contributed by atoms with van der Waals surface area (Å²) in [6.45, 7) is -0.372. The minimum atomic E-state index is -1.66. The van der Waals surface area contributed by atoms with E-state index in [1.54, 1.807) is 4.90 Å². The number of rotatable bonds is 7. The number of phenols is 1. The highest BCUT2D eigenvalue weighted by Crippen LogP contribution is 2.49. The molecule has 0 unspecified atom stereocenters. The molecule has 258 valence electrons. The lowest BCUT2D eigenvalue weighted by Crippen LogP contribution is -2.54. The fourth-order valence-corrected chi connectivity index (χ4v) is 8.31. The van der Waals surface area contributed by atoms with E-state index in [1.165, 1.54) is 25.3 Å². The summed E-state index contributed by atoms with van der Waals surface area (Å²) in [6, 6.07) is 5.09. The van der Waals surface area contributed by atoms with Crippen LogP contribution in [0.15, 0.2) is 24.3 Å². The molecule has 2 aliphatic heterocycles. The molecule has 49 heavy (non-hydrogen) atoms. The number of piperidine rings is 2. The first kappa shape index (κ1) is 33.1. The van der Waals surface area contributed by atoms with E-state index in [-0.39, 0.29) is 82.2 Å². The molecule has 0 radical (unpaired) electrons. The lowest BCUT2D eigenvalue weighted by atomic mass is 9.75. The number of anilines is 1. The summed E-state index contributed by atoms with van der Waals surface area (Å²) in [5, 5.41) is 22.1. The summed E-state index contributed by atoms with van der Waals surface area (Å²) in [7, 11) is 3.23. The van der Waals surface area contributed by atoms with Crippen molar-refractivity contribution in [2.45, 2.75) is 56.3 Å². The quantitative estimate of drug-likeness (QED) is 0.188. The van der Waals surface area contributed by atoms with Crippen LogP contribution < -0.4 is 14.4 Å². The van der Waals surface area contributed by atoms with Gasteiger partial charge in [0.1, 0.15) is 52.4 Å². The molecule has 0 amide bonds. The SMILES string of the molecule is C#Cc1c(F)ccc2cc(O)cc(-c3nc(OC)c4c(N5CCC[C@](O)(CF)C5)nc(OC[C@]56CCC[C@H]5N(C)C[C@@H](F)C6)nc4c3F)c12. The highest BCUT2D eigenvalue weighted by Gasteiger charge is 2.50. The maximum absolute atomic E-state index is 17.0. The summed E-state index contributed by atoms with van der Waals surface area (Å²) in [5.41, 5.74) is -2.90. The first-order valence-electron chi connectivity index (χ1n) is 16.4. The van der Waals surface area contributed by atoms with Crippen molar-refractivity contribution in [2.75, 3.05) is 52.0 Å². The van der Waals surface area contributed by atoms with Gasteiger partial charge >= 0.3 is 6.01 Å². The Labute approximate surface area is 280 Å². The number of terminal acetylenes is 1. The van der Waals surface area contributed by atoms with Crippen molar-refractivity contribution in [1.29, 1.82) is 0 Å². The molecule has 3 fully saturated rings. The number of aliphatic hydroxyl groups is 1. The molecule has 2 aromatic carbocycles. The number of aromatic nitrogens is 3. The summed E-state index contributed by atoms with van der Waals surface area (Å²) >= 11 is 0. The molecule has 0 bridgehead atoms. The standard InChI is InChI=1S/C36H37F4N5O4/c1-4-23-25(39)9-8-20-13-22(46)14-24(27(20)23)30-29(40)31-28(33(41-30)48-3)32(45-12-6-11-36(47,17-37)18-45)43-34(42-31)49-19-35-10-5-7-26(35)44(2)16-21(38)15-35/h1,8-9,13-14,21,26,46-47H,5-7,10-12,15-19H2,2-3H3/t21-,26+,35+,36-/m0/s1. The van der Waals surface area contributed by atoms with Gasteiger partial charge in [0, 0.05) is 35.5 Å². The van der Waals surface area contributed by atoms with Crippen molar-refractivity contribution in [1.82, 2.24) is 19.9 Å². The normalized spacial score (nSPS) is 25.8. The molecule has 4 atom stereocenters. The summed E-state index contributed by atoms with van der Waals surface area (Å²) in [6.07, 6.45) is 8.15. The van der Waals surface area contributed by atoms with E-state index in [0.717, 1.165) is 25.3 Å². The lowest BCUT2D eigenvalue weighted by molar-refractivity contribution is -0.0245. The van der Waals surface area contributed by atoms with Gasteiger partial charge in [-0.05, 0) is 62.7 Å². The van der Waals surface area contributed by atoms with Crippen molar-refractivity contribution in [3.05, 3.63) is 41.5 Å². The van der Waals surface area contributed by atoms with Crippen LogP contribution in [0.4, 0.5) is 23.4 Å². The van der Waals surface area contributed by atoms with Crippen molar-refractivity contribution < 1.29 is 37.2 Å². The van der Waals surface area contributed by atoms with Gasteiger partial charge in [0.05, 0.1) is 25.8 Å². The van der Waals surface area contributed by atoms with E-state index < -0.39 is 35.5 Å². The zero-order valence-corrected chi connectivity index (χ0v) is 27.3. The van der Waals surface area contributed by atoms with Gasteiger partial charge in [0.25, 0.3) is 0 Å². The number of likely N-dealkylation sites (tertiary alicyclic amines) is 1. The number of nitrogens with zero attached hydrogens (tertiary/aromatic N) is 5. The maximum Gasteiger partial charge on any atom is 0.319 e. The number of β-amino-alcohol motifs (C(OH)–C–C–N with tert-alkyl or cyclic N) is 1. The third-order valence-corrected chi connectivity index (χ3v) is 10.5. The molecule has 2 aromatic heterocycles. The first-order chi connectivity index (χ1) is 23.5. The van der Waals surface area contributed by atoms with Crippen LogP contribution in [0.2, 0.25) is 0 Å². The fourth-order valence-electron chi connectivity index (χ4n) is 8.31. The lowest BCUT2D eigenvalue weighted by Gasteiger charge is -2.45. The van der Waals surface area contributed by atoms with Crippen molar-refractivity contribution in [3.63, 3.8) is 0 Å². The molecule has 4 heterocycles. The van der Waals surface area contributed by atoms with E-state index in [0.29, 0.717) is 31.3 Å². The predicted molar refractivity (Wildman–Crippen MR) is 176 cm³/mol. The third-order valence-electron chi connectivity index (χ3n) is 10.5. The molecule has 1 saturated carbocycles. The zero-order valence-electron chi connectivity index (χ0n) is 27.3. The van der Waals surface area contributed by atoms with Gasteiger partial charge in [0.2, 0.25) is 5.88 Å². The number of ether oxygens (including phenoxy) is 2.